The summed E-state index contributed by atoms with van der Waals surface area (Å²) in [5.74, 6) is -0.769. The first-order chi connectivity index (χ1) is 12.1. The maximum Gasteiger partial charge on any atom is 0.305 e. The lowest BCUT2D eigenvalue weighted by molar-refractivity contribution is -0.136. The molecule has 124 valence electrons. The summed E-state index contributed by atoms with van der Waals surface area (Å²) in [4.78, 5) is 22.8. The zero-order valence-electron chi connectivity index (χ0n) is 13.8. The van der Waals surface area contributed by atoms with E-state index in [-0.39, 0.29) is 12.2 Å². The second-order valence-electron chi connectivity index (χ2n) is 6.28. The van der Waals surface area contributed by atoms with Gasteiger partial charge in [-0.15, -0.1) is 0 Å². The molecule has 0 atom stereocenters. The molecule has 0 bridgehead atoms. The summed E-state index contributed by atoms with van der Waals surface area (Å²) in [6.45, 7) is 1.96. The van der Waals surface area contributed by atoms with Crippen LogP contribution in [0.3, 0.4) is 0 Å². The number of carbonyl (C=O) groups is 2. The molecule has 0 spiro atoms. The number of hydrogen-bond donors (Lipinski definition) is 2. The van der Waals surface area contributed by atoms with Gasteiger partial charge in [0.1, 0.15) is 0 Å². The van der Waals surface area contributed by atoms with Crippen molar-refractivity contribution in [3.63, 3.8) is 0 Å². The molecule has 4 aromatic rings. The number of benzene rings is 4. The molecule has 25 heavy (non-hydrogen) atoms. The van der Waals surface area contributed by atoms with Crippen LogP contribution in [0.15, 0.2) is 48.5 Å². The van der Waals surface area contributed by atoms with Crippen molar-refractivity contribution in [2.45, 2.75) is 13.3 Å². The van der Waals surface area contributed by atoms with Crippen molar-refractivity contribution >= 4 is 49.8 Å². The van der Waals surface area contributed by atoms with Crippen LogP contribution in [0, 0.1) is 0 Å². The summed E-state index contributed by atoms with van der Waals surface area (Å²) in [7, 11) is 0. The number of nitrogens with one attached hydrogen (secondary N) is 1. The Morgan fingerprint density at radius 2 is 1.48 bits per heavy atom. The van der Waals surface area contributed by atoms with Crippen LogP contribution < -0.4 is 5.32 Å². The SMILES string of the molecule is CC(=O)c1ccc2ccc3c(NCCC(=O)O)ccc4ccc1c2c43. The Kier molecular flexibility index (Phi) is 3.53. The van der Waals surface area contributed by atoms with E-state index in [1.54, 1.807) is 6.92 Å². The predicted octanol–water partition coefficient (Wildman–Crippen LogP) is 4.67. The highest BCUT2D eigenvalue weighted by molar-refractivity contribution is 6.28. The lowest BCUT2D eigenvalue weighted by Crippen LogP contribution is -2.07. The molecule has 0 amide bonds. The third-order valence-electron chi connectivity index (χ3n) is 4.70. The largest absolute Gasteiger partial charge is 0.481 e. The Morgan fingerprint density at radius 1 is 0.880 bits per heavy atom. The van der Waals surface area contributed by atoms with Crippen LogP contribution in [0.1, 0.15) is 23.7 Å². The molecule has 0 unspecified atom stereocenters. The average molecular weight is 331 g/mol. The van der Waals surface area contributed by atoms with Gasteiger partial charge in [0.25, 0.3) is 0 Å². The topological polar surface area (TPSA) is 66.4 Å². The molecule has 4 nitrogen and oxygen atoms in total. The first-order valence-electron chi connectivity index (χ1n) is 8.23. The van der Waals surface area contributed by atoms with Crippen molar-refractivity contribution in [2.75, 3.05) is 11.9 Å². The highest BCUT2D eigenvalue weighted by Crippen LogP contribution is 2.38. The highest BCUT2D eigenvalue weighted by atomic mass is 16.4. The van der Waals surface area contributed by atoms with Gasteiger partial charge in [0.15, 0.2) is 5.78 Å². The summed E-state index contributed by atoms with van der Waals surface area (Å²) >= 11 is 0. The highest BCUT2D eigenvalue weighted by Gasteiger charge is 2.14. The van der Waals surface area contributed by atoms with Crippen LogP contribution in [0.5, 0.6) is 0 Å². The second kappa shape index (κ2) is 5.74. The molecule has 0 radical (unpaired) electrons. The van der Waals surface area contributed by atoms with Crippen LogP contribution >= 0.6 is 0 Å². The van der Waals surface area contributed by atoms with E-state index in [2.05, 4.69) is 17.4 Å². The minimum atomic E-state index is -0.823. The first-order valence-corrected chi connectivity index (χ1v) is 8.23. The van der Waals surface area contributed by atoms with Crippen LogP contribution in [-0.4, -0.2) is 23.4 Å². The maximum absolute atomic E-state index is 12.0. The van der Waals surface area contributed by atoms with Crippen LogP contribution in [0.4, 0.5) is 5.69 Å². The van der Waals surface area contributed by atoms with Crippen LogP contribution in [-0.2, 0) is 4.79 Å². The Labute approximate surface area is 144 Å². The number of aliphatic carboxylic acids is 1. The maximum atomic E-state index is 12.0. The van der Waals surface area contributed by atoms with Gasteiger partial charge in [0.05, 0.1) is 6.42 Å². The number of carbonyl (C=O) groups excluding carboxylic acids is 1. The molecule has 0 saturated carbocycles. The Bertz CT molecular complexity index is 1130. The van der Waals surface area contributed by atoms with E-state index in [1.165, 1.54) is 0 Å². The van der Waals surface area contributed by atoms with E-state index in [1.807, 2.05) is 36.4 Å². The monoisotopic (exact) mass is 331 g/mol. The molecule has 0 aliphatic carbocycles. The van der Waals surface area contributed by atoms with Gasteiger partial charge in [-0.2, -0.15) is 0 Å². The molecule has 0 aliphatic heterocycles. The summed E-state index contributed by atoms with van der Waals surface area (Å²) in [6, 6.07) is 16.0. The van der Waals surface area contributed by atoms with E-state index in [9.17, 15) is 9.59 Å². The molecule has 0 fully saturated rings. The summed E-state index contributed by atoms with van der Waals surface area (Å²) in [5, 5.41) is 18.5. The predicted molar refractivity (Wildman–Crippen MR) is 101 cm³/mol. The number of rotatable bonds is 5. The van der Waals surface area contributed by atoms with Gasteiger partial charge >= 0.3 is 5.97 Å². The fraction of sp³-hybridized carbons (Fsp3) is 0.143. The average Bonchev–Trinajstić information content (AvgIpc) is 2.59. The van der Waals surface area contributed by atoms with Gasteiger partial charge in [-0.1, -0.05) is 42.5 Å². The molecule has 0 aromatic heterocycles. The van der Waals surface area contributed by atoms with Crippen LogP contribution in [0.25, 0.3) is 32.3 Å². The number of carboxylic acids is 1. The lowest BCUT2D eigenvalue weighted by Gasteiger charge is -2.16. The number of hydrogen-bond acceptors (Lipinski definition) is 3. The van der Waals surface area contributed by atoms with E-state index >= 15 is 0 Å². The second-order valence-corrected chi connectivity index (χ2v) is 6.28. The minimum absolute atomic E-state index is 0.0535. The molecule has 0 aliphatic rings. The van der Waals surface area contributed by atoms with Gasteiger partial charge in [-0.3, -0.25) is 9.59 Å². The molecule has 4 aromatic carbocycles. The third kappa shape index (κ3) is 2.47. The number of Topliss-reactive ketones (excluding diaryl/α,β-unsaturated/α-hetero) is 1. The molecule has 4 rings (SSSR count). The molecular formula is C21H17NO3. The standard InChI is InChI=1S/C21H17NO3/c1-12(23)15-6-2-13-4-8-17-18(22-11-10-19(24)25)9-5-14-3-7-16(15)20(13)21(14)17/h2-9,22H,10-11H2,1H3,(H,24,25). The number of ketones is 1. The summed E-state index contributed by atoms with van der Waals surface area (Å²) in [5.41, 5.74) is 1.64. The summed E-state index contributed by atoms with van der Waals surface area (Å²) < 4.78 is 0. The fourth-order valence-corrected chi connectivity index (χ4v) is 3.57. The smallest absolute Gasteiger partial charge is 0.305 e. The molecular weight excluding hydrogens is 314 g/mol. The molecule has 0 heterocycles. The number of anilines is 1. The van der Waals surface area contributed by atoms with E-state index in [4.69, 9.17) is 5.11 Å². The van der Waals surface area contributed by atoms with Crippen molar-refractivity contribution in [3.05, 3.63) is 54.1 Å². The van der Waals surface area contributed by atoms with Crippen molar-refractivity contribution in [2.24, 2.45) is 0 Å². The van der Waals surface area contributed by atoms with Gasteiger partial charge in [-0.25, -0.2) is 0 Å². The normalized spacial score (nSPS) is 11.4. The van der Waals surface area contributed by atoms with Crippen LogP contribution in [0.2, 0.25) is 0 Å². The third-order valence-corrected chi connectivity index (χ3v) is 4.70. The zero-order chi connectivity index (χ0) is 17.6. The van der Waals surface area contributed by atoms with E-state index in [0.29, 0.717) is 6.54 Å². The van der Waals surface area contributed by atoms with Crippen molar-refractivity contribution in [1.82, 2.24) is 0 Å². The summed E-state index contributed by atoms with van der Waals surface area (Å²) in [6.07, 6.45) is 0.0659. The van der Waals surface area contributed by atoms with Crippen molar-refractivity contribution in [3.8, 4) is 0 Å². The molecule has 4 heteroatoms. The van der Waals surface area contributed by atoms with Crippen molar-refractivity contribution < 1.29 is 14.7 Å². The van der Waals surface area contributed by atoms with Gasteiger partial charge in [0.2, 0.25) is 0 Å². The Balaban J connectivity index is 1.99. The minimum Gasteiger partial charge on any atom is -0.481 e. The van der Waals surface area contributed by atoms with E-state index < -0.39 is 5.97 Å². The Hall–Kier alpha value is -3.14. The van der Waals surface area contributed by atoms with Gasteiger partial charge in [-0.05, 0) is 39.9 Å². The first kappa shape index (κ1) is 15.4. The number of carboxylic acid groups (broad SMARTS) is 1. The van der Waals surface area contributed by atoms with Gasteiger partial charge in [0, 0.05) is 23.2 Å². The molecule has 2 N–H and O–H groups in total. The lowest BCUT2D eigenvalue weighted by atomic mass is 9.90. The van der Waals surface area contributed by atoms with Crippen molar-refractivity contribution in [1.29, 1.82) is 0 Å². The zero-order valence-corrected chi connectivity index (χ0v) is 13.8. The Morgan fingerprint density at radius 3 is 2.16 bits per heavy atom. The van der Waals surface area contributed by atoms with E-state index in [0.717, 1.165) is 43.6 Å². The van der Waals surface area contributed by atoms with Gasteiger partial charge < -0.3 is 10.4 Å². The fourth-order valence-electron chi connectivity index (χ4n) is 3.57. The molecule has 0 saturated heterocycles. The quantitative estimate of drug-likeness (QED) is 0.412.